The number of hydrogen-bond donors (Lipinski definition) is 2. The number of carbonyl (C=O) groups is 1. The van der Waals surface area contributed by atoms with Crippen molar-refractivity contribution in [1.29, 1.82) is 0 Å². The van der Waals surface area contributed by atoms with E-state index in [0.717, 1.165) is 17.9 Å². The van der Waals surface area contributed by atoms with E-state index in [4.69, 9.17) is 25.0 Å². The first-order valence-corrected chi connectivity index (χ1v) is 13.9. The quantitative estimate of drug-likeness (QED) is 0.115. The van der Waals surface area contributed by atoms with Crippen molar-refractivity contribution in [3.05, 3.63) is 70.2 Å². The van der Waals surface area contributed by atoms with Crippen molar-refractivity contribution in [2.24, 2.45) is 5.73 Å². The molecule has 3 aromatic rings. The zero-order chi connectivity index (χ0) is 31.4. The largest absolute Gasteiger partial charge is 0.514 e. The van der Waals surface area contributed by atoms with E-state index >= 15 is 0 Å². The Morgan fingerprint density at radius 1 is 1.21 bits per heavy atom. The average molecular weight is 603 g/mol. The Labute approximate surface area is 247 Å². The minimum atomic E-state index is -3.14. The van der Waals surface area contributed by atoms with Crippen molar-refractivity contribution in [1.82, 2.24) is 14.8 Å². The maximum Gasteiger partial charge on any atom is 0.514 e. The second-order valence-corrected chi connectivity index (χ2v) is 11.6. The number of anilines is 2. The Kier molecular flexibility index (Phi) is 9.60. The smallest absolute Gasteiger partial charge is 0.431 e. The van der Waals surface area contributed by atoms with Gasteiger partial charge in [-0.2, -0.15) is 5.10 Å². The zero-order valence-electron chi connectivity index (χ0n) is 24.5. The van der Waals surface area contributed by atoms with E-state index in [1.807, 2.05) is 31.5 Å². The predicted molar refractivity (Wildman–Crippen MR) is 154 cm³/mol. The SMILES string of the molecule is CC(N)C(F)(F)COCc1cc(Nc2cc([C@H]3CC[C@@H](OC(=O)Oc4ccc([N+](=O)[O-])cc4)C3)nn2C(C)(C)C)ccn1. The second kappa shape index (κ2) is 13.0. The highest BCUT2D eigenvalue weighted by molar-refractivity contribution is 5.64. The summed E-state index contributed by atoms with van der Waals surface area (Å²) < 4.78 is 45.3. The highest BCUT2D eigenvalue weighted by Crippen LogP contribution is 2.38. The standard InChI is InChI=1S/C29H36F2N6O6/c1-18(32)29(30,31)17-41-16-21-14-20(11-12-33-21)34-26-15-25(35-36(26)28(2,3)4)19-5-8-24(13-19)43-27(38)42-23-9-6-22(7-10-23)37(39)40/h6-7,9-12,14-15,18-19,24H,5,8,13,16-17,32H2,1-4H3,(H,33,34)/t18?,19-,24+/m0/s1. The molecule has 4 rings (SSSR count). The van der Waals surface area contributed by atoms with Crippen LogP contribution in [0.1, 0.15) is 64.3 Å². The lowest BCUT2D eigenvalue weighted by Crippen LogP contribution is -2.42. The predicted octanol–water partition coefficient (Wildman–Crippen LogP) is 6.04. The van der Waals surface area contributed by atoms with Crippen molar-refractivity contribution >= 4 is 23.3 Å². The fraction of sp³-hybridized carbons (Fsp3) is 0.483. The van der Waals surface area contributed by atoms with Crippen LogP contribution >= 0.6 is 0 Å². The third-order valence-corrected chi connectivity index (χ3v) is 6.98. The third kappa shape index (κ3) is 8.45. The molecule has 3 N–H and O–H groups in total. The summed E-state index contributed by atoms with van der Waals surface area (Å²) in [6, 6.07) is 9.28. The van der Waals surface area contributed by atoms with Crippen LogP contribution in [0.2, 0.25) is 0 Å². The number of nitrogens with one attached hydrogen (secondary N) is 1. The van der Waals surface area contributed by atoms with Gasteiger partial charge in [0, 0.05) is 36.0 Å². The number of pyridine rings is 1. The number of nitro groups is 1. The van der Waals surface area contributed by atoms with Gasteiger partial charge in [0.1, 0.15) is 24.3 Å². The number of nitrogens with zero attached hydrogens (tertiary/aromatic N) is 4. The van der Waals surface area contributed by atoms with Crippen LogP contribution in [0.15, 0.2) is 48.7 Å². The first kappa shape index (κ1) is 31.8. The normalized spacial score (nSPS) is 17.8. The Morgan fingerprint density at radius 3 is 2.58 bits per heavy atom. The second-order valence-electron chi connectivity index (χ2n) is 11.6. The maximum absolute atomic E-state index is 13.8. The molecule has 2 heterocycles. The highest BCUT2D eigenvalue weighted by atomic mass is 19.3. The Bertz CT molecular complexity index is 1420. The molecule has 1 saturated carbocycles. The van der Waals surface area contributed by atoms with E-state index in [2.05, 4.69) is 10.3 Å². The number of nitro benzene ring substituents is 1. The molecule has 3 atom stereocenters. The van der Waals surface area contributed by atoms with Gasteiger partial charge >= 0.3 is 6.16 Å². The number of alkyl halides is 2. The van der Waals surface area contributed by atoms with Crippen LogP contribution in [0.25, 0.3) is 0 Å². The number of non-ortho nitro benzene ring substituents is 1. The molecular formula is C29H36F2N6O6. The number of aromatic nitrogens is 3. The first-order valence-electron chi connectivity index (χ1n) is 13.9. The molecule has 1 fully saturated rings. The fourth-order valence-electron chi connectivity index (χ4n) is 4.61. The molecule has 232 valence electrons. The molecule has 1 unspecified atom stereocenters. The highest BCUT2D eigenvalue weighted by Gasteiger charge is 2.34. The van der Waals surface area contributed by atoms with Crippen molar-refractivity contribution in [3.63, 3.8) is 0 Å². The molecule has 14 heteroatoms. The summed E-state index contributed by atoms with van der Waals surface area (Å²) >= 11 is 0. The van der Waals surface area contributed by atoms with Gasteiger partial charge in [-0.3, -0.25) is 15.1 Å². The maximum atomic E-state index is 13.8. The van der Waals surface area contributed by atoms with Gasteiger partial charge < -0.3 is 25.3 Å². The average Bonchev–Trinajstić information content (AvgIpc) is 3.56. The number of halogens is 2. The van der Waals surface area contributed by atoms with Gasteiger partial charge in [-0.25, -0.2) is 18.3 Å². The summed E-state index contributed by atoms with van der Waals surface area (Å²) in [5.41, 5.74) is 6.84. The van der Waals surface area contributed by atoms with Gasteiger partial charge in [0.05, 0.1) is 34.5 Å². The molecule has 43 heavy (non-hydrogen) atoms. The minimum absolute atomic E-state index is 0.0364. The van der Waals surface area contributed by atoms with Gasteiger partial charge in [-0.05, 0) is 71.2 Å². The van der Waals surface area contributed by atoms with Crippen LogP contribution in [-0.2, 0) is 21.6 Å². The molecule has 0 bridgehead atoms. The van der Waals surface area contributed by atoms with Crippen LogP contribution in [0.3, 0.4) is 0 Å². The van der Waals surface area contributed by atoms with E-state index in [1.54, 1.807) is 18.3 Å². The summed E-state index contributed by atoms with van der Waals surface area (Å²) in [6.45, 7) is 6.40. The van der Waals surface area contributed by atoms with Crippen molar-refractivity contribution in [2.45, 2.75) is 83.1 Å². The van der Waals surface area contributed by atoms with Crippen LogP contribution in [0.4, 0.5) is 30.8 Å². The van der Waals surface area contributed by atoms with E-state index in [-0.39, 0.29) is 35.6 Å². The van der Waals surface area contributed by atoms with Crippen LogP contribution in [0, 0.1) is 10.1 Å². The molecule has 1 aromatic carbocycles. The zero-order valence-corrected chi connectivity index (χ0v) is 24.5. The lowest BCUT2D eigenvalue weighted by atomic mass is 10.0. The number of ether oxygens (including phenoxy) is 3. The molecule has 0 saturated heterocycles. The molecule has 0 aliphatic heterocycles. The Balaban J connectivity index is 1.38. The topological polar surface area (TPSA) is 157 Å². The fourth-order valence-corrected chi connectivity index (χ4v) is 4.61. The number of hydrogen-bond acceptors (Lipinski definition) is 10. The van der Waals surface area contributed by atoms with E-state index in [1.165, 1.54) is 31.2 Å². The molecule has 0 radical (unpaired) electrons. The van der Waals surface area contributed by atoms with Gasteiger partial charge in [0.2, 0.25) is 0 Å². The molecule has 2 aromatic heterocycles. The van der Waals surface area contributed by atoms with E-state index < -0.39 is 29.6 Å². The van der Waals surface area contributed by atoms with E-state index in [0.29, 0.717) is 24.2 Å². The first-order chi connectivity index (χ1) is 20.2. The summed E-state index contributed by atoms with van der Waals surface area (Å²) in [6.07, 6.45) is 2.25. The molecule has 1 aliphatic rings. The van der Waals surface area contributed by atoms with Gasteiger partial charge in [-0.15, -0.1) is 0 Å². The lowest BCUT2D eigenvalue weighted by Gasteiger charge is -2.23. The van der Waals surface area contributed by atoms with Crippen molar-refractivity contribution < 1.29 is 32.7 Å². The van der Waals surface area contributed by atoms with Crippen molar-refractivity contribution in [3.8, 4) is 5.75 Å². The summed E-state index contributed by atoms with van der Waals surface area (Å²) in [4.78, 5) is 26.8. The van der Waals surface area contributed by atoms with Crippen molar-refractivity contribution in [2.75, 3.05) is 11.9 Å². The number of carbonyl (C=O) groups excluding carboxylic acids is 1. The molecular weight excluding hydrogens is 566 g/mol. The third-order valence-electron chi connectivity index (χ3n) is 6.98. The lowest BCUT2D eigenvalue weighted by molar-refractivity contribution is -0.384. The van der Waals surface area contributed by atoms with Crippen LogP contribution in [-0.4, -0.2) is 50.5 Å². The molecule has 0 amide bonds. The van der Waals surface area contributed by atoms with Gasteiger partial charge in [0.25, 0.3) is 11.6 Å². The summed E-state index contributed by atoms with van der Waals surface area (Å²) in [5.74, 6) is -2.22. The number of benzene rings is 1. The van der Waals surface area contributed by atoms with Crippen LogP contribution in [0.5, 0.6) is 5.75 Å². The number of rotatable bonds is 11. The Morgan fingerprint density at radius 2 is 1.93 bits per heavy atom. The summed E-state index contributed by atoms with van der Waals surface area (Å²) in [5, 5.41) is 19.0. The summed E-state index contributed by atoms with van der Waals surface area (Å²) in [7, 11) is 0. The van der Waals surface area contributed by atoms with E-state index in [9.17, 15) is 23.7 Å². The molecule has 1 aliphatic carbocycles. The Hall–Kier alpha value is -4.17. The minimum Gasteiger partial charge on any atom is -0.431 e. The van der Waals surface area contributed by atoms with Gasteiger partial charge in [-0.1, -0.05) is 0 Å². The van der Waals surface area contributed by atoms with Gasteiger partial charge in [0.15, 0.2) is 0 Å². The number of nitrogens with two attached hydrogens (primary N) is 1. The molecule has 12 nitrogen and oxygen atoms in total. The molecule has 0 spiro atoms. The van der Waals surface area contributed by atoms with Crippen LogP contribution < -0.4 is 15.8 Å². The monoisotopic (exact) mass is 602 g/mol.